The Hall–Kier alpha value is -2.49. The van der Waals surface area contributed by atoms with Crippen molar-refractivity contribution in [2.75, 3.05) is 12.4 Å². The Morgan fingerprint density at radius 3 is 2.68 bits per heavy atom. The van der Waals surface area contributed by atoms with Gasteiger partial charge in [-0.25, -0.2) is 18.1 Å². The molecule has 0 spiro atoms. The molecule has 1 fully saturated rings. The van der Waals surface area contributed by atoms with Crippen LogP contribution in [-0.4, -0.2) is 32.5 Å². The van der Waals surface area contributed by atoms with E-state index in [-0.39, 0.29) is 28.2 Å². The minimum Gasteiger partial charge on any atom is -0.495 e. The quantitative estimate of drug-likeness (QED) is 0.569. The lowest BCUT2D eigenvalue weighted by atomic mass is 9.87. The summed E-state index contributed by atoms with van der Waals surface area (Å²) in [4.78, 5) is 17.2. The summed E-state index contributed by atoms with van der Waals surface area (Å²) in [6, 6.07) is 11.9. The van der Waals surface area contributed by atoms with E-state index < -0.39 is 15.9 Å². The first-order valence-electron chi connectivity index (χ1n) is 10.2. The number of benzene rings is 2. The summed E-state index contributed by atoms with van der Waals surface area (Å²) in [5.41, 5.74) is 1.02. The molecule has 0 saturated heterocycles. The highest BCUT2D eigenvalue weighted by Crippen LogP contribution is 2.30. The number of fused-ring (bicyclic) bond motifs is 1. The summed E-state index contributed by atoms with van der Waals surface area (Å²) < 4.78 is 35.3. The van der Waals surface area contributed by atoms with E-state index in [9.17, 15) is 13.2 Å². The normalized spacial score (nSPS) is 19.3. The molecular weight excluding hydrogens is 434 g/mol. The van der Waals surface area contributed by atoms with Gasteiger partial charge in [0.05, 0.1) is 17.3 Å². The summed E-state index contributed by atoms with van der Waals surface area (Å²) in [6.07, 6.45) is 3.92. The number of sulfonamides is 1. The van der Waals surface area contributed by atoms with E-state index in [0.717, 1.165) is 35.9 Å². The number of hydrogen-bond acceptors (Lipinski definition) is 6. The molecule has 2 N–H and O–H groups in total. The highest BCUT2D eigenvalue weighted by molar-refractivity contribution is 7.89. The summed E-state index contributed by atoms with van der Waals surface area (Å²) >= 11 is 1.36. The number of carbonyl (C=O) groups excluding carboxylic acids is 1. The molecule has 0 radical (unpaired) electrons. The first-order valence-corrected chi connectivity index (χ1v) is 12.5. The Morgan fingerprint density at radius 1 is 1.16 bits per heavy atom. The Bertz CT molecular complexity index is 1170. The highest BCUT2D eigenvalue weighted by Gasteiger charge is 2.29. The van der Waals surface area contributed by atoms with Crippen molar-refractivity contribution >= 4 is 42.6 Å². The number of thiazole rings is 1. The van der Waals surface area contributed by atoms with E-state index in [1.54, 1.807) is 6.07 Å². The van der Waals surface area contributed by atoms with Crippen LogP contribution in [0.2, 0.25) is 0 Å². The van der Waals surface area contributed by atoms with Gasteiger partial charge < -0.3 is 4.74 Å². The van der Waals surface area contributed by atoms with Crippen molar-refractivity contribution in [1.82, 2.24) is 9.71 Å². The van der Waals surface area contributed by atoms with Crippen LogP contribution in [0.5, 0.6) is 5.75 Å². The Morgan fingerprint density at radius 2 is 1.94 bits per heavy atom. The topological polar surface area (TPSA) is 97.4 Å². The first kappa shape index (κ1) is 21.7. The van der Waals surface area contributed by atoms with Crippen molar-refractivity contribution in [2.45, 2.75) is 43.5 Å². The van der Waals surface area contributed by atoms with Gasteiger partial charge in [0, 0.05) is 11.6 Å². The lowest BCUT2D eigenvalue weighted by molar-refractivity contribution is 0.102. The smallest absolute Gasteiger partial charge is 0.257 e. The highest BCUT2D eigenvalue weighted by atomic mass is 32.2. The second-order valence-electron chi connectivity index (χ2n) is 7.80. The van der Waals surface area contributed by atoms with Crippen LogP contribution in [0.3, 0.4) is 0 Å². The van der Waals surface area contributed by atoms with E-state index in [2.05, 4.69) is 21.9 Å². The van der Waals surface area contributed by atoms with Crippen LogP contribution in [0.25, 0.3) is 10.2 Å². The number of ether oxygens (including phenoxy) is 1. The van der Waals surface area contributed by atoms with E-state index in [1.165, 1.54) is 30.6 Å². The van der Waals surface area contributed by atoms with Gasteiger partial charge in [0.25, 0.3) is 5.91 Å². The van der Waals surface area contributed by atoms with Crippen LogP contribution in [0.15, 0.2) is 47.4 Å². The molecule has 164 valence electrons. The Kier molecular flexibility index (Phi) is 6.27. The molecule has 0 aliphatic heterocycles. The maximum absolute atomic E-state index is 13.1. The molecule has 31 heavy (non-hydrogen) atoms. The average molecular weight is 460 g/mol. The van der Waals surface area contributed by atoms with Gasteiger partial charge in [0.1, 0.15) is 10.6 Å². The number of aromatic nitrogens is 1. The number of nitrogens with zero attached hydrogens (tertiary/aromatic N) is 1. The molecule has 2 unspecified atom stereocenters. The molecule has 1 aliphatic carbocycles. The van der Waals surface area contributed by atoms with Crippen LogP contribution in [-0.2, 0) is 10.0 Å². The zero-order chi connectivity index (χ0) is 22.0. The molecule has 1 amide bonds. The molecule has 1 aromatic heterocycles. The maximum Gasteiger partial charge on any atom is 0.257 e. The van der Waals surface area contributed by atoms with E-state index >= 15 is 0 Å². The minimum absolute atomic E-state index is 0.0373. The Labute approximate surface area is 185 Å². The number of amides is 1. The standard InChI is InChI=1S/C22H25N3O4S2/c1-14-7-3-4-8-16(14)25-31(27,28)20-13-15(11-12-18(20)29-2)21(26)24-22-23-17-9-5-6-10-19(17)30-22/h5-6,9-14,16,25H,3-4,7-8H2,1-2H3,(H,23,24,26). The van der Waals surface area contributed by atoms with Crippen molar-refractivity contribution in [1.29, 1.82) is 0 Å². The fraction of sp³-hybridized carbons (Fsp3) is 0.364. The monoisotopic (exact) mass is 459 g/mol. The second kappa shape index (κ2) is 8.94. The summed E-state index contributed by atoms with van der Waals surface area (Å²) in [6.45, 7) is 2.06. The number of carbonyl (C=O) groups is 1. The number of para-hydroxylation sites is 1. The molecule has 2 atom stereocenters. The van der Waals surface area contributed by atoms with Gasteiger partial charge in [-0.05, 0) is 49.1 Å². The minimum atomic E-state index is -3.85. The van der Waals surface area contributed by atoms with E-state index in [4.69, 9.17) is 4.74 Å². The lowest BCUT2D eigenvalue weighted by Crippen LogP contribution is -2.41. The fourth-order valence-corrected chi connectivity index (χ4v) is 6.31. The van der Waals surface area contributed by atoms with Crippen LogP contribution in [0.1, 0.15) is 43.0 Å². The fourth-order valence-electron chi connectivity index (χ4n) is 3.88. The molecule has 9 heteroatoms. The molecule has 1 aliphatic rings. The third kappa shape index (κ3) is 4.73. The van der Waals surface area contributed by atoms with Crippen LogP contribution < -0.4 is 14.8 Å². The molecule has 7 nitrogen and oxygen atoms in total. The zero-order valence-corrected chi connectivity index (χ0v) is 19.1. The van der Waals surface area contributed by atoms with Gasteiger partial charge in [-0.15, -0.1) is 0 Å². The van der Waals surface area contributed by atoms with Gasteiger partial charge >= 0.3 is 0 Å². The van der Waals surface area contributed by atoms with Crippen LogP contribution in [0, 0.1) is 5.92 Å². The summed E-state index contributed by atoms with van der Waals surface area (Å²) in [5, 5.41) is 3.22. The molecular formula is C22H25N3O4S2. The molecule has 2 aromatic carbocycles. The van der Waals surface area contributed by atoms with Crippen molar-refractivity contribution in [3.05, 3.63) is 48.0 Å². The van der Waals surface area contributed by atoms with Crippen LogP contribution in [0.4, 0.5) is 5.13 Å². The van der Waals surface area contributed by atoms with Crippen molar-refractivity contribution in [3.63, 3.8) is 0 Å². The van der Waals surface area contributed by atoms with Gasteiger partial charge in [0.15, 0.2) is 5.13 Å². The van der Waals surface area contributed by atoms with E-state index in [0.29, 0.717) is 5.13 Å². The average Bonchev–Trinajstić information content (AvgIpc) is 3.17. The zero-order valence-electron chi connectivity index (χ0n) is 17.4. The van der Waals surface area contributed by atoms with Gasteiger partial charge in [0.2, 0.25) is 10.0 Å². The molecule has 0 bridgehead atoms. The summed E-state index contributed by atoms with van der Waals surface area (Å²) in [7, 11) is -2.44. The Balaban J connectivity index is 1.59. The number of hydrogen-bond donors (Lipinski definition) is 2. The third-order valence-corrected chi connectivity index (χ3v) is 8.11. The molecule has 4 rings (SSSR count). The van der Waals surface area contributed by atoms with Crippen molar-refractivity contribution in [3.8, 4) is 5.75 Å². The third-order valence-electron chi connectivity index (χ3n) is 5.65. The van der Waals surface area contributed by atoms with Crippen molar-refractivity contribution < 1.29 is 17.9 Å². The maximum atomic E-state index is 13.1. The number of nitrogens with one attached hydrogen (secondary N) is 2. The molecule has 1 heterocycles. The first-order chi connectivity index (χ1) is 14.9. The predicted molar refractivity (Wildman–Crippen MR) is 122 cm³/mol. The molecule has 3 aromatic rings. The second-order valence-corrected chi connectivity index (χ2v) is 10.5. The largest absolute Gasteiger partial charge is 0.495 e. The SMILES string of the molecule is COc1ccc(C(=O)Nc2nc3ccccc3s2)cc1S(=O)(=O)NC1CCCCC1C. The van der Waals surface area contributed by atoms with Crippen LogP contribution >= 0.6 is 11.3 Å². The lowest BCUT2D eigenvalue weighted by Gasteiger charge is -2.29. The van der Waals surface area contributed by atoms with Gasteiger partial charge in [-0.3, -0.25) is 10.1 Å². The van der Waals surface area contributed by atoms with E-state index in [1.807, 2.05) is 24.3 Å². The molecule has 1 saturated carbocycles. The number of anilines is 1. The van der Waals surface area contributed by atoms with Crippen molar-refractivity contribution in [2.24, 2.45) is 5.92 Å². The number of rotatable bonds is 6. The summed E-state index contributed by atoms with van der Waals surface area (Å²) in [5.74, 6) is 0.0386. The predicted octanol–water partition coefficient (Wildman–Crippen LogP) is 4.41. The van der Waals surface area contributed by atoms with Gasteiger partial charge in [-0.1, -0.05) is 43.2 Å². The number of methoxy groups -OCH3 is 1. The van der Waals surface area contributed by atoms with Gasteiger partial charge in [-0.2, -0.15) is 0 Å².